The van der Waals surface area contributed by atoms with Crippen molar-refractivity contribution in [2.45, 2.75) is 31.3 Å². The second-order valence-corrected chi connectivity index (χ2v) is 8.06. The first-order chi connectivity index (χ1) is 10.9. The van der Waals surface area contributed by atoms with Crippen LogP contribution in [-0.2, 0) is 16.6 Å². The van der Waals surface area contributed by atoms with Gasteiger partial charge in [0.15, 0.2) is 0 Å². The van der Waals surface area contributed by atoms with Crippen molar-refractivity contribution in [1.82, 2.24) is 14.7 Å². The van der Waals surface area contributed by atoms with Gasteiger partial charge in [0.1, 0.15) is 4.90 Å². The molecule has 6 nitrogen and oxygen atoms in total. The van der Waals surface area contributed by atoms with E-state index in [1.807, 2.05) is 45.2 Å². The molecule has 0 atom stereocenters. The fourth-order valence-electron chi connectivity index (χ4n) is 2.75. The van der Waals surface area contributed by atoms with E-state index in [-0.39, 0.29) is 10.9 Å². The minimum absolute atomic E-state index is 0.126. The molecule has 2 aromatic rings. The van der Waals surface area contributed by atoms with Crippen LogP contribution in [-0.4, -0.2) is 43.2 Å². The van der Waals surface area contributed by atoms with E-state index in [0.29, 0.717) is 13.1 Å². The number of para-hydroxylation sites is 1. The van der Waals surface area contributed by atoms with E-state index in [4.69, 9.17) is 0 Å². The summed E-state index contributed by atoms with van der Waals surface area (Å²) in [5.74, 6) is 0. The van der Waals surface area contributed by atoms with Crippen molar-refractivity contribution in [2.75, 3.05) is 24.4 Å². The topological polar surface area (TPSA) is 58.4 Å². The lowest BCUT2D eigenvalue weighted by Crippen LogP contribution is -2.35. The number of sulfonamides is 1. The highest BCUT2D eigenvalue weighted by atomic mass is 32.2. The fourth-order valence-corrected chi connectivity index (χ4v) is 4.19. The first kappa shape index (κ1) is 16.0. The summed E-state index contributed by atoms with van der Waals surface area (Å²) in [6.45, 7) is 5.81. The highest BCUT2D eigenvalue weighted by molar-refractivity contribution is 7.92. The lowest BCUT2D eigenvalue weighted by Gasteiger charge is -2.23. The Morgan fingerprint density at radius 2 is 1.91 bits per heavy atom. The molecule has 1 aliphatic rings. The molecule has 2 heterocycles. The molecule has 0 unspecified atom stereocenters. The number of hydrogen-bond acceptors (Lipinski definition) is 4. The summed E-state index contributed by atoms with van der Waals surface area (Å²) in [6.07, 6.45) is 3.05. The Morgan fingerprint density at radius 3 is 2.61 bits per heavy atom. The van der Waals surface area contributed by atoms with Gasteiger partial charge in [-0.2, -0.15) is 5.10 Å². The van der Waals surface area contributed by atoms with Crippen molar-refractivity contribution in [3.63, 3.8) is 0 Å². The third kappa shape index (κ3) is 2.98. The third-order valence-corrected chi connectivity index (χ3v) is 5.85. The van der Waals surface area contributed by atoms with Crippen molar-refractivity contribution >= 4 is 15.7 Å². The predicted octanol–water partition coefficient (Wildman–Crippen LogP) is 2.10. The normalized spacial score (nSPS) is 16.4. The molecule has 0 bridgehead atoms. The smallest absolute Gasteiger partial charge is 0.267 e. The number of benzene rings is 1. The minimum Gasteiger partial charge on any atom is -0.300 e. The molecule has 1 aromatic heterocycles. The Labute approximate surface area is 137 Å². The molecule has 0 fully saturated rings. The van der Waals surface area contributed by atoms with Crippen molar-refractivity contribution in [3.8, 4) is 0 Å². The predicted molar refractivity (Wildman–Crippen MR) is 89.9 cm³/mol. The highest BCUT2D eigenvalue weighted by Gasteiger charge is 2.30. The van der Waals surface area contributed by atoms with Crippen LogP contribution in [0.25, 0.3) is 0 Å². The zero-order valence-electron chi connectivity index (χ0n) is 13.7. The Bertz CT molecular complexity index is 798. The Hall–Kier alpha value is -1.86. The van der Waals surface area contributed by atoms with Gasteiger partial charge in [0.2, 0.25) is 0 Å². The number of likely N-dealkylation sites (N-methyl/N-ethyl adjacent to an activating group) is 1. The van der Waals surface area contributed by atoms with Gasteiger partial charge in [-0.05, 0) is 32.5 Å². The van der Waals surface area contributed by atoms with Crippen molar-refractivity contribution < 1.29 is 8.42 Å². The number of aromatic nitrogens is 2. The van der Waals surface area contributed by atoms with E-state index in [1.54, 1.807) is 10.9 Å². The van der Waals surface area contributed by atoms with Crippen LogP contribution in [0, 0.1) is 0 Å². The van der Waals surface area contributed by atoms with Crippen LogP contribution >= 0.6 is 0 Å². The van der Waals surface area contributed by atoms with E-state index in [2.05, 4.69) is 10.00 Å². The van der Waals surface area contributed by atoms with E-state index in [0.717, 1.165) is 17.8 Å². The summed E-state index contributed by atoms with van der Waals surface area (Å²) in [5, 5.41) is 4.17. The number of anilines is 1. The summed E-state index contributed by atoms with van der Waals surface area (Å²) in [7, 11) is -1.61. The van der Waals surface area contributed by atoms with Crippen LogP contribution in [0.3, 0.4) is 0 Å². The van der Waals surface area contributed by atoms with Crippen molar-refractivity contribution in [2.24, 2.45) is 0 Å². The average molecular weight is 334 g/mol. The summed E-state index contributed by atoms with van der Waals surface area (Å²) in [4.78, 5) is 2.37. The molecule has 1 aliphatic heterocycles. The number of nitrogens with zero attached hydrogens (tertiary/aromatic N) is 4. The van der Waals surface area contributed by atoms with Gasteiger partial charge in [-0.15, -0.1) is 0 Å². The van der Waals surface area contributed by atoms with Gasteiger partial charge in [-0.3, -0.25) is 8.99 Å². The maximum absolute atomic E-state index is 13.1. The molecule has 0 radical (unpaired) electrons. The van der Waals surface area contributed by atoms with Crippen LogP contribution in [0.2, 0.25) is 0 Å². The molecule has 3 rings (SSSR count). The zero-order chi connectivity index (χ0) is 16.6. The first-order valence-electron chi connectivity index (χ1n) is 7.73. The lowest BCUT2D eigenvalue weighted by atomic mass is 10.2. The van der Waals surface area contributed by atoms with Gasteiger partial charge < -0.3 is 4.90 Å². The molecule has 0 aliphatic carbocycles. The Kier molecular flexibility index (Phi) is 4.16. The molecular weight excluding hydrogens is 312 g/mol. The maximum atomic E-state index is 13.1. The van der Waals surface area contributed by atoms with Crippen LogP contribution in [0.4, 0.5) is 5.69 Å². The lowest BCUT2D eigenvalue weighted by molar-refractivity contribution is 0.344. The standard InChI is InChI=1S/C16H22N4O2S/c1-13(2)19-12-15(10-17-19)23(21,22)20-9-8-18(3)11-14-6-4-5-7-16(14)20/h4-7,10,12-13H,8-9,11H2,1-3H3. The summed E-state index contributed by atoms with van der Waals surface area (Å²) >= 11 is 0. The van der Waals surface area contributed by atoms with E-state index in [9.17, 15) is 8.42 Å². The minimum atomic E-state index is -3.61. The second kappa shape index (κ2) is 5.98. The quantitative estimate of drug-likeness (QED) is 0.862. The van der Waals surface area contributed by atoms with Gasteiger partial charge in [-0.1, -0.05) is 18.2 Å². The number of hydrogen-bond donors (Lipinski definition) is 0. The Balaban J connectivity index is 2.05. The SMILES string of the molecule is CC(C)n1cc(S(=O)(=O)N2CCN(C)Cc3ccccc32)cn1. The summed E-state index contributed by atoms with van der Waals surface area (Å²) in [5.41, 5.74) is 1.78. The Morgan fingerprint density at radius 1 is 1.17 bits per heavy atom. The van der Waals surface area contributed by atoms with Gasteiger partial charge in [0.25, 0.3) is 10.0 Å². The van der Waals surface area contributed by atoms with Crippen LogP contribution in [0.5, 0.6) is 0 Å². The molecule has 1 aromatic carbocycles. The van der Waals surface area contributed by atoms with Crippen LogP contribution in [0.1, 0.15) is 25.5 Å². The van der Waals surface area contributed by atoms with E-state index < -0.39 is 10.0 Å². The van der Waals surface area contributed by atoms with Crippen molar-refractivity contribution in [1.29, 1.82) is 0 Å². The summed E-state index contributed by atoms with van der Waals surface area (Å²) < 4.78 is 29.4. The van der Waals surface area contributed by atoms with E-state index >= 15 is 0 Å². The van der Waals surface area contributed by atoms with Gasteiger partial charge >= 0.3 is 0 Å². The molecular formula is C16H22N4O2S. The molecule has 0 saturated carbocycles. The molecule has 124 valence electrons. The second-order valence-electron chi connectivity index (χ2n) is 6.19. The van der Waals surface area contributed by atoms with Gasteiger partial charge in [0.05, 0.1) is 11.9 Å². The molecule has 23 heavy (non-hydrogen) atoms. The number of fused-ring (bicyclic) bond motifs is 1. The third-order valence-electron chi connectivity index (χ3n) is 4.08. The van der Waals surface area contributed by atoms with Crippen LogP contribution < -0.4 is 4.31 Å². The molecule has 0 spiro atoms. The highest BCUT2D eigenvalue weighted by Crippen LogP contribution is 2.29. The van der Waals surface area contributed by atoms with Crippen molar-refractivity contribution in [3.05, 3.63) is 42.2 Å². The molecule has 0 amide bonds. The van der Waals surface area contributed by atoms with E-state index in [1.165, 1.54) is 10.5 Å². The zero-order valence-corrected chi connectivity index (χ0v) is 14.5. The monoisotopic (exact) mass is 334 g/mol. The summed E-state index contributed by atoms with van der Waals surface area (Å²) in [6, 6.07) is 7.81. The largest absolute Gasteiger partial charge is 0.300 e. The van der Waals surface area contributed by atoms with Gasteiger partial charge in [0, 0.05) is 31.9 Å². The number of rotatable bonds is 3. The molecule has 7 heteroatoms. The first-order valence-corrected chi connectivity index (χ1v) is 9.17. The van der Waals surface area contributed by atoms with Crippen LogP contribution in [0.15, 0.2) is 41.6 Å². The maximum Gasteiger partial charge on any atom is 0.267 e. The average Bonchev–Trinajstić information content (AvgIpc) is 2.93. The fraction of sp³-hybridized carbons (Fsp3) is 0.438. The van der Waals surface area contributed by atoms with Gasteiger partial charge in [-0.25, -0.2) is 8.42 Å². The molecule has 0 N–H and O–H groups in total. The molecule has 0 saturated heterocycles.